The van der Waals surface area contributed by atoms with Crippen molar-refractivity contribution in [2.75, 3.05) is 0 Å². The zero-order chi connectivity index (χ0) is 14.9. The van der Waals surface area contributed by atoms with E-state index in [2.05, 4.69) is 46.5 Å². The van der Waals surface area contributed by atoms with Crippen molar-refractivity contribution in [1.29, 1.82) is 0 Å². The number of hydrogen-bond donors (Lipinski definition) is 0. The fourth-order valence-corrected chi connectivity index (χ4v) is 2.79. The quantitative estimate of drug-likeness (QED) is 0.609. The van der Waals surface area contributed by atoms with Gasteiger partial charge in [0, 0.05) is 17.4 Å². The van der Waals surface area contributed by atoms with Gasteiger partial charge in [0.2, 0.25) is 0 Å². The first-order valence-corrected chi connectivity index (χ1v) is 6.97. The monoisotopic (exact) mass is 268 g/mol. The highest BCUT2D eigenvalue weighted by molar-refractivity contribution is 5.51. The van der Waals surface area contributed by atoms with Crippen LogP contribution in [0.15, 0.2) is 46.6 Å². The molecule has 0 radical (unpaired) electrons. The SMILES string of the molecule is CC1=C(C)C(C)(CC#Cc2ccc(F)cc2)C(C)=C1C. The van der Waals surface area contributed by atoms with Crippen molar-refractivity contribution in [3.63, 3.8) is 0 Å². The second kappa shape index (κ2) is 5.29. The lowest BCUT2D eigenvalue weighted by Gasteiger charge is -2.26. The average Bonchev–Trinajstić information content (AvgIpc) is 2.58. The molecule has 2 rings (SSSR count). The van der Waals surface area contributed by atoms with Crippen molar-refractivity contribution < 1.29 is 4.39 Å². The molecule has 0 bridgehead atoms. The molecular formula is C19H21F. The number of benzene rings is 1. The van der Waals surface area contributed by atoms with Crippen molar-refractivity contribution >= 4 is 0 Å². The van der Waals surface area contributed by atoms with Gasteiger partial charge in [-0.25, -0.2) is 4.39 Å². The number of rotatable bonds is 1. The van der Waals surface area contributed by atoms with E-state index in [0.717, 1.165) is 12.0 Å². The highest BCUT2D eigenvalue weighted by atomic mass is 19.1. The molecule has 0 aromatic heterocycles. The summed E-state index contributed by atoms with van der Waals surface area (Å²) in [7, 11) is 0. The highest BCUT2D eigenvalue weighted by Crippen LogP contribution is 2.48. The van der Waals surface area contributed by atoms with Gasteiger partial charge in [-0.15, -0.1) is 0 Å². The molecule has 1 aromatic rings. The van der Waals surface area contributed by atoms with Gasteiger partial charge in [-0.3, -0.25) is 0 Å². The van der Waals surface area contributed by atoms with Crippen molar-refractivity contribution in [1.82, 2.24) is 0 Å². The topological polar surface area (TPSA) is 0 Å². The van der Waals surface area contributed by atoms with E-state index in [1.165, 1.54) is 34.4 Å². The minimum atomic E-state index is -0.220. The molecule has 0 saturated heterocycles. The zero-order valence-corrected chi connectivity index (χ0v) is 12.9. The third-order valence-electron chi connectivity index (χ3n) is 4.86. The Hall–Kier alpha value is -1.81. The first kappa shape index (κ1) is 14.6. The summed E-state index contributed by atoms with van der Waals surface area (Å²) in [6.45, 7) is 11.0. The Labute approximate surface area is 121 Å². The molecule has 20 heavy (non-hydrogen) atoms. The minimum absolute atomic E-state index is 0.0429. The third-order valence-corrected chi connectivity index (χ3v) is 4.86. The maximum atomic E-state index is 12.8. The molecule has 1 heteroatoms. The van der Waals surface area contributed by atoms with Gasteiger partial charge in [-0.2, -0.15) is 0 Å². The van der Waals surface area contributed by atoms with Crippen LogP contribution in [0.1, 0.15) is 46.6 Å². The summed E-state index contributed by atoms with van der Waals surface area (Å²) < 4.78 is 12.8. The molecule has 0 N–H and O–H groups in total. The molecule has 0 saturated carbocycles. The Morgan fingerprint density at radius 2 is 1.45 bits per heavy atom. The van der Waals surface area contributed by atoms with E-state index in [1.807, 2.05) is 0 Å². The Bertz CT molecular complexity index is 621. The van der Waals surface area contributed by atoms with Crippen LogP contribution in [-0.2, 0) is 0 Å². The second-order valence-electron chi connectivity index (χ2n) is 5.82. The normalized spacial score (nSPS) is 17.3. The van der Waals surface area contributed by atoms with Crippen LogP contribution in [0.2, 0.25) is 0 Å². The third kappa shape index (κ3) is 2.43. The summed E-state index contributed by atoms with van der Waals surface area (Å²) in [5.41, 5.74) is 6.54. The first-order chi connectivity index (χ1) is 9.36. The van der Waals surface area contributed by atoms with Crippen LogP contribution in [0.25, 0.3) is 0 Å². The van der Waals surface area contributed by atoms with Gasteiger partial charge in [-0.1, -0.05) is 29.9 Å². The molecular weight excluding hydrogens is 247 g/mol. The summed E-state index contributed by atoms with van der Waals surface area (Å²) >= 11 is 0. The first-order valence-electron chi connectivity index (χ1n) is 6.97. The zero-order valence-electron chi connectivity index (χ0n) is 12.9. The predicted molar refractivity (Wildman–Crippen MR) is 82.8 cm³/mol. The van der Waals surface area contributed by atoms with Crippen LogP contribution in [0, 0.1) is 23.1 Å². The van der Waals surface area contributed by atoms with Crippen LogP contribution < -0.4 is 0 Å². The maximum absolute atomic E-state index is 12.8. The summed E-state index contributed by atoms with van der Waals surface area (Å²) in [5.74, 6) is 6.18. The molecule has 104 valence electrons. The number of hydrogen-bond acceptors (Lipinski definition) is 0. The summed E-state index contributed by atoms with van der Waals surface area (Å²) in [6.07, 6.45) is 0.802. The second-order valence-corrected chi connectivity index (χ2v) is 5.82. The molecule has 0 amide bonds. The molecule has 0 atom stereocenters. The fourth-order valence-electron chi connectivity index (χ4n) is 2.79. The standard InChI is InChI=1S/C19H21F/c1-13-14(2)16(4)19(5,15(13)3)12-6-7-17-8-10-18(20)11-9-17/h8-11H,12H2,1-5H3. The van der Waals surface area contributed by atoms with Crippen LogP contribution in [0.5, 0.6) is 0 Å². The number of allylic oxidation sites excluding steroid dienone is 4. The lowest BCUT2D eigenvalue weighted by Crippen LogP contribution is -2.16. The van der Waals surface area contributed by atoms with E-state index in [4.69, 9.17) is 0 Å². The highest BCUT2D eigenvalue weighted by Gasteiger charge is 2.35. The van der Waals surface area contributed by atoms with Crippen molar-refractivity contribution in [3.05, 3.63) is 57.9 Å². The minimum Gasteiger partial charge on any atom is -0.207 e. The van der Waals surface area contributed by atoms with Gasteiger partial charge in [0.15, 0.2) is 0 Å². The fraction of sp³-hybridized carbons (Fsp3) is 0.368. The van der Waals surface area contributed by atoms with Gasteiger partial charge < -0.3 is 0 Å². The molecule has 1 aliphatic rings. The van der Waals surface area contributed by atoms with E-state index in [0.29, 0.717) is 0 Å². The molecule has 0 nitrogen and oxygen atoms in total. The molecule has 0 unspecified atom stereocenters. The Morgan fingerprint density at radius 1 is 0.950 bits per heavy atom. The van der Waals surface area contributed by atoms with Gasteiger partial charge in [0.05, 0.1) is 0 Å². The largest absolute Gasteiger partial charge is 0.207 e. The van der Waals surface area contributed by atoms with Gasteiger partial charge >= 0.3 is 0 Å². The Kier molecular flexibility index (Phi) is 3.86. The van der Waals surface area contributed by atoms with Crippen LogP contribution >= 0.6 is 0 Å². The molecule has 0 fully saturated rings. The van der Waals surface area contributed by atoms with E-state index in [9.17, 15) is 4.39 Å². The van der Waals surface area contributed by atoms with Gasteiger partial charge in [-0.05, 0) is 63.1 Å². The van der Waals surface area contributed by atoms with Crippen LogP contribution in [0.4, 0.5) is 4.39 Å². The van der Waals surface area contributed by atoms with Gasteiger partial charge in [0.25, 0.3) is 0 Å². The average molecular weight is 268 g/mol. The van der Waals surface area contributed by atoms with Crippen molar-refractivity contribution in [3.8, 4) is 11.8 Å². The van der Waals surface area contributed by atoms with Crippen LogP contribution in [-0.4, -0.2) is 0 Å². The Balaban J connectivity index is 2.22. The van der Waals surface area contributed by atoms with E-state index in [1.54, 1.807) is 12.1 Å². The van der Waals surface area contributed by atoms with Crippen LogP contribution in [0.3, 0.4) is 0 Å². The van der Waals surface area contributed by atoms with Crippen molar-refractivity contribution in [2.45, 2.75) is 41.0 Å². The summed E-state index contributed by atoms with van der Waals surface area (Å²) in [4.78, 5) is 0. The molecule has 0 heterocycles. The maximum Gasteiger partial charge on any atom is 0.123 e. The lowest BCUT2D eigenvalue weighted by molar-refractivity contribution is 0.502. The summed E-state index contributed by atoms with van der Waals surface area (Å²) in [5, 5.41) is 0. The predicted octanol–water partition coefficient (Wildman–Crippen LogP) is 5.26. The smallest absolute Gasteiger partial charge is 0.123 e. The molecule has 1 aliphatic carbocycles. The number of halogens is 1. The molecule has 0 aliphatic heterocycles. The lowest BCUT2D eigenvalue weighted by atomic mass is 9.77. The molecule has 1 aromatic carbocycles. The van der Waals surface area contributed by atoms with Crippen molar-refractivity contribution in [2.24, 2.45) is 5.41 Å². The van der Waals surface area contributed by atoms with E-state index in [-0.39, 0.29) is 11.2 Å². The Morgan fingerprint density at radius 3 is 1.95 bits per heavy atom. The van der Waals surface area contributed by atoms with E-state index >= 15 is 0 Å². The molecule has 0 spiro atoms. The summed E-state index contributed by atoms with van der Waals surface area (Å²) in [6, 6.07) is 6.35. The van der Waals surface area contributed by atoms with Gasteiger partial charge in [0.1, 0.15) is 5.82 Å². The van der Waals surface area contributed by atoms with E-state index < -0.39 is 0 Å².